The van der Waals surface area contributed by atoms with Crippen LogP contribution in [0.15, 0.2) is 12.3 Å². The summed E-state index contributed by atoms with van der Waals surface area (Å²) in [6.07, 6.45) is 4.03. The lowest BCUT2D eigenvalue weighted by atomic mass is 10.1. The van der Waals surface area contributed by atoms with Crippen LogP contribution in [0, 0.1) is 0 Å². The van der Waals surface area contributed by atoms with Crippen LogP contribution in [-0.2, 0) is 11.3 Å². The molecule has 5 heteroatoms. The molecule has 1 rings (SSSR count). The van der Waals surface area contributed by atoms with E-state index in [9.17, 15) is 4.79 Å². The van der Waals surface area contributed by atoms with E-state index in [2.05, 4.69) is 12.0 Å². The van der Waals surface area contributed by atoms with Gasteiger partial charge in [-0.2, -0.15) is 5.10 Å². The first-order chi connectivity index (χ1) is 8.20. The Kier molecular flexibility index (Phi) is 5.86. The third-order valence-corrected chi connectivity index (χ3v) is 2.60. The quantitative estimate of drug-likeness (QED) is 0.547. The molecule has 0 aromatic carbocycles. The molecule has 0 amide bonds. The summed E-state index contributed by atoms with van der Waals surface area (Å²) in [5.41, 5.74) is 6.48. The average molecular weight is 239 g/mol. The van der Waals surface area contributed by atoms with Crippen LogP contribution in [0.3, 0.4) is 0 Å². The van der Waals surface area contributed by atoms with E-state index in [1.165, 1.54) is 0 Å². The van der Waals surface area contributed by atoms with E-state index in [1.54, 1.807) is 24.1 Å². The standard InChI is InChI=1S/C12H21N3O2/c1-3-8-15-11(6-7-14-15)12(16)10(13)5-4-9-17-2/h6-7,10H,3-5,8-9,13H2,1-2H3. The van der Waals surface area contributed by atoms with Gasteiger partial charge in [0.2, 0.25) is 0 Å². The lowest BCUT2D eigenvalue weighted by Gasteiger charge is -2.11. The van der Waals surface area contributed by atoms with Gasteiger partial charge in [0.15, 0.2) is 5.78 Å². The minimum atomic E-state index is -0.461. The first kappa shape index (κ1) is 13.9. The molecule has 1 aromatic rings. The number of Topliss-reactive ketones (excluding diaryl/α,β-unsaturated/α-hetero) is 1. The summed E-state index contributed by atoms with van der Waals surface area (Å²) < 4.78 is 6.66. The third kappa shape index (κ3) is 3.94. The lowest BCUT2D eigenvalue weighted by molar-refractivity contribution is 0.0939. The molecular weight excluding hydrogens is 218 g/mol. The maximum Gasteiger partial charge on any atom is 0.197 e. The zero-order valence-corrected chi connectivity index (χ0v) is 10.6. The highest BCUT2D eigenvalue weighted by atomic mass is 16.5. The molecule has 0 bridgehead atoms. The maximum atomic E-state index is 12.1. The second-order valence-corrected chi connectivity index (χ2v) is 4.05. The number of nitrogens with two attached hydrogens (primary N) is 1. The number of carbonyl (C=O) groups is 1. The largest absolute Gasteiger partial charge is 0.385 e. The second kappa shape index (κ2) is 7.19. The van der Waals surface area contributed by atoms with Crippen LogP contribution < -0.4 is 5.73 Å². The molecular formula is C12H21N3O2. The highest BCUT2D eigenvalue weighted by Gasteiger charge is 2.18. The van der Waals surface area contributed by atoms with Gasteiger partial charge in [-0.15, -0.1) is 0 Å². The smallest absolute Gasteiger partial charge is 0.197 e. The van der Waals surface area contributed by atoms with Crippen LogP contribution >= 0.6 is 0 Å². The van der Waals surface area contributed by atoms with Crippen molar-refractivity contribution in [1.82, 2.24) is 9.78 Å². The number of carbonyl (C=O) groups excluding carboxylic acids is 1. The van der Waals surface area contributed by atoms with Gasteiger partial charge in [-0.05, 0) is 25.3 Å². The number of rotatable bonds is 8. The fourth-order valence-electron chi connectivity index (χ4n) is 1.70. The number of methoxy groups -OCH3 is 1. The van der Waals surface area contributed by atoms with Crippen LogP contribution in [0.4, 0.5) is 0 Å². The molecule has 0 aliphatic heterocycles. The summed E-state index contributed by atoms with van der Waals surface area (Å²) >= 11 is 0. The van der Waals surface area contributed by atoms with Crippen molar-refractivity contribution in [2.24, 2.45) is 5.73 Å². The molecule has 0 fully saturated rings. The molecule has 0 aliphatic carbocycles. The summed E-state index contributed by atoms with van der Waals surface area (Å²) in [4.78, 5) is 12.1. The lowest BCUT2D eigenvalue weighted by Crippen LogP contribution is -2.32. The first-order valence-corrected chi connectivity index (χ1v) is 6.01. The fraction of sp³-hybridized carbons (Fsp3) is 0.667. The number of hydrogen-bond donors (Lipinski definition) is 1. The van der Waals surface area contributed by atoms with Gasteiger partial charge >= 0.3 is 0 Å². The average Bonchev–Trinajstić information content (AvgIpc) is 2.77. The van der Waals surface area contributed by atoms with E-state index in [0.29, 0.717) is 18.7 Å². The normalized spacial score (nSPS) is 12.6. The Morgan fingerprint density at radius 2 is 2.41 bits per heavy atom. The Bertz CT molecular complexity index is 349. The summed E-state index contributed by atoms with van der Waals surface area (Å²) in [6, 6.07) is 1.27. The summed E-state index contributed by atoms with van der Waals surface area (Å²) in [5, 5.41) is 4.12. The number of aryl methyl sites for hydroxylation is 1. The Morgan fingerprint density at radius 3 is 3.06 bits per heavy atom. The Hall–Kier alpha value is -1.20. The van der Waals surface area contributed by atoms with Crippen molar-refractivity contribution in [3.8, 4) is 0 Å². The van der Waals surface area contributed by atoms with E-state index in [4.69, 9.17) is 10.5 Å². The fourth-order valence-corrected chi connectivity index (χ4v) is 1.70. The predicted octanol–water partition coefficient (Wildman–Crippen LogP) is 1.23. The Balaban J connectivity index is 2.58. The molecule has 0 saturated carbocycles. The van der Waals surface area contributed by atoms with Crippen molar-refractivity contribution in [3.63, 3.8) is 0 Å². The van der Waals surface area contributed by atoms with Gasteiger partial charge in [0.05, 0.1) is 6.04 Å². The van der Waals surface area contributed by atoms with Gasteiger partial charge in [-0.1, -0.05) is 6.92 Å². The predicted molar refractivity (Wildman–Crippen MR) is 65.9 cm³/mol. The molecule has 1 aromatic heterocycles. The molecule has 1 unspecified atom stereocenters. The molecule has 1 atom stereocenters. The number of ether oxygens (including phenoxy) is 1. The van der Waals surface area contributed by atoms with Crippen molar-refractivity contribution in [2.45, 2.75) is 38.8 Å². The molecule has 0 saturated heterocycles. The Morgan fingerprint density at radius 1 is 1.65 bits per heavy atom. The number of ketones is 1. The first-order valence-electron chi connectivity index (χ1n) is 6.01. The van der Waals surface area contributed by atoms with Gasteiger partial charge in [-0.25, -0.2) is 0 Å². The second-order valence-electron chi connectivity index (χ2n) is 4.05. The van der Waals surface area contributed by atoms with Crippen molar-refractivity contribution in [1.29, 1.82) is 0 Å². The van der Waals surface area contributed by atoms with Crippen LogP contribution in [0.1, 0.15) is 36.7 Å². The zero-order chi connectivity index (χ0) is 12.7. The van der Waals surface area contributed by atoms with Gasteiger partial charge in [0, 0.05) is 26.5 Å². The SMILES string of the molecule is CCCn1nccc1C(=O)C(N)CCCOC. The van der Waals surface area contributed by atoms with Crippen LogP contribution in [-0.4, -0.2) is 35.3 Å². The van der Waals surface area contributed by atoms with Crippen LogP contribution in [0.25, 0.3) is 0 Å². The highest BCUT2D eigenvalue weighted by molar-refractivity contribution is 5.98. The minimum Gasteiger partial charge on any atom is -0.385 e. The van der Waals surface area contributed by atoms with Gasteiger partial charge in [0.1, 0.15) is 5.69 Å². The van der Waals surface area contributed by atoms with E-state index in [-0.39, 0.29) is 5.78 Å². The zero-order valence-electron chi connectivity index (χ0n) is 10.6. The van der Waals surface area contributed by atoms with Gasteiger partial charge in [-0.3, -0.25) is 9.48 Å². The molecule has 17 heavy (non-hydrogen) atoms. The van der Waals surface area contributed by atoms with Crippen molar-refractivity contribution >= 4 is 5.78 Å². The van der Waals surface area contributed by atoms with Crippen molar-refractivity contribution in [3.05, 3.63) is 18.0 Å². The summed E-state index contributed by atoms with van der Waals surface area (Å²) in [7, 11) is 1.64. The highest BCUT2D eigenvalue weighted by Crippen LogP contribution is 2.07. The van der Waals surface area contributed by atoms with Crippen LogP contribution in [0.2, 0.25) is 0 Å². The van der Waals surface area contributed by atoms with Gasteiger partial charge in [0.25, 0.3) is 0 Å². The van der Waals surface area contributed by atoms with Crippen LogP contribution in [0.5, 0.6) is 0 Å². The monoisotopic (exact) mass is 239 g/mol. The topological polar surface area (TPSA) is 70.1 Å². The molecule has 96 valence electrons. The molecule has 1 heterocycles. The third-order valence-electron chi connectivity index (χ3n) is 2.60. The number of nitrogens with zero attached hydrogens (tertiary/aromatic N) is 2. The van der Waals surface area contributed by atoms with E-state index < -0.39 is 6.04 Å². The number of hydrogen-bond acceptors (Lipinski definition) is 4. The van der Waals surface area contributed by atoms with Crippen molar-refractivity contribution < 1.29 is 9.53 Å². The van der Waals surface area contributed by atoms with Crippen molar-refractivity contribution in [2.75, 3.05) is 13.7 Å². The Labute approximate surface area is 102 Å². The molecule has 0 aliphatic rings. The molecule has 0 spiro atoms. The van der Waals surface area contributed by atoms with E-state index in [0.717, 1.165) is 19.4 Å². The van der Waals surface area contributed by atoms with E-state index >= 15 is 0 Å². The maximum absolute atomic E-state index is 12.1. The summed E-state index contributed by atoms with van der Waals surface area (Å²) in [6.45, 7) is 3.43. The molecule has 2 N–H and O–H groups in total. The van der Waals surface area contributed by atoms with Gasteiger partial charge < -0.3 is 10.5 Å². The molecule has 5 nitrogen and oxygen atoms in total. The van der Waals surface area contributed by atoms with E-state index in [1.807, 2.05) is 0 Å². The summed E-state index contributed by atoms with van der Waals surface area (Å²) in [5.74, 6) is -0.0351. The number of aromatic nitrogens is 2. The minimum absolute atomic E-state index is 0.0351. The molecule has 0 radical (unpaired) electrons.